The molecule has 1 fully saturated rings. The fourth-order valence-electron chi connectivity index (χ4n) is 2.68. The summed E-state index contributed by atoms with van der Waals surface area (Å²) in [5.74, 6) is 1.06. The van der Waals surface area contributed by atoms with Gasteiger partial charge in [0.05, 0.1) is 5.02 Å². The van der Waals surface area contributed by atoms with Crippen LogP contribution >= 0.6 is 11.6 Å². The molecule has 1 saturated heterocycles. The summed E-state index contributed by atoms with van der Waals surface area (Å²) in [6.07, 6.45) is 5.38. The van der Waals surface area contributed by atoms with E-state index in [0.717, 1.165) is 42.5 Å². The summed E-state index contributed by atoms with van der Waals surface area (Å²) in [6.45, 7) is 9.65. The summed E-state index contributed by atoms with van der Waals surface area (Å²) in [4.78, 5) is 6.91. The molecule has 1 N–H and O–H groups in total. The van der Waals surface area contributed by atoms with Gasteiger partial charge in [0.25, 0.3) is 0 Å². The molecule has 1 aliphatic rings. The zero-order valence-corrected chi connectivity index (χ0v) is 12.9. The Morgan fingerprint density at radius 3 is 2.89 bits per heavy atom. The third-order valence-corrected chi connectivity index (χ3v) is 4.18. The molecule has 0 aromatic carbocycles. The van der Waals surface area contributed by atoms with Crippen LogP contribution in [-0.4, -0.2) is 23.6 Å². The van der Waals surface area contributed by atoms with Gasteiger partial charge in [-0.2, -0.15) is 0 Å². The van der Waals surface area contributed by atoms with Crippen LogP contribution in [0.5, 0.6) is 0 Å². The van der Waals surface area contributed by atoms with Crippen LogP contribution in [-0.2, 0) is 6.54 Å². The van der Waals surface area contributed by atoms with Crippen molar-refractivity contribution >= 4 is 17.4 Å². The Kier molecular flexibility index (Phi) is 4.69. The van der Waals surface area contributed by atoms with Gasteiger partial charge in [0.1, 0.15) is 5.82 Å². The predicted octanol–water partition coefficient (Wildman–Crippen LogP) is 3.61. The molecular formula is C15H24ClN3. The minimum Gasteiger partial charge on any atom is -0.351 e. The van der Waals surface area contributed by atoms with Crippen molar-refractivity contribution in [3.63, 3.8) is 0 Å². The molecule has 0 bridgehead atoms. The Morgan fingerprint density at radius 1 is 1.47 bits per heavy atom. The number of hydrogen-bond acceptors (Lipinski definition) is 3. The first kappa shape index (κ1) is 14.6. The summed E-state index contributed by atoms with van der Waals surface area (Å²) >= 11 is 6.23. The lowest BCUT2D eigenvalue weighted by Gasteiger charge is -2.33. The summed E-state index contributed by atoms with van der Waals surface area (Å²) < 4.78 is 0. The van der Waals surface area contributed by atoms with Crippen LogP contribution in [0.25, 0.3) is 0 Å². The molecule has 0 aliphatic carbocycles. The average molecular weight is 282 g/mol. The number of pyridine rings is 1. The SMILES string of the molecule is CCCNCc1cc(N2CCCC2(C)C)ncc1Cl. The van der Waals surface area contributed by atoms with Gasteiger partial charge < -0.3 is 10.2 Å². The lowest BCUT2D eigenvalue weighted by molar-refractivity contribution is 0.514. The Bertz CT molecular complexity index is 431. The van der Waals surface area contributed by atoms with Crippen LogP contribution in [0.1, 0.15) is 45.6 Å². The third kappa shape index (κ3) is 3.40. The van der Waals surface area contributed by atoms with E-state index in [2.05, 4.69) is 42.0 Å². The summed E-state index contributed by atoms with van der Waals surface area (Å²) in [5.41, 5.74) is 1.34. The number of nitrogens with one attached hydrogen (secondary N) is 1. The van der Waals surface area contributed by atoms with Crippen molar-refractivity contribution in [2.45, 2.75) is 52.1 Å². The number of anilines is 1. The van der Waals surface area contributed by atoms with Gasteiger partial charge in [-0.3, -0.25) is 0 Å². The maximum Gasteiger partial charge on any atom is 0.129 e. The molecule has 0 amide bonds. The lowest BCUT2D eigenvalue weighted by atomic mass is 10.0. The molecule has 4 heteroatoms. The minimum atomic E-state index is 0.203. The van der Waals surface area contributed by atoms with Crippen molar-refractivity contribution in [3.05, 3.63) is 22.8 Å². The molecule has 1 aromatic rings. The Balaban J connectivity index is 2.16. The average Bonchev–Trinajstić information content (AvgIpc) is 2.72. The molecule has 1 aliphatic heterocycles. The van der Waals surface area contributed by atoms with Crippen LogP contribution in [0.3, 0.4) is 0 Å². The molecule has 0 radical (unpaired) electrons. The molecule has 3 nitrogen and oxygen atoms in total. The van der Waals surface area contributed by atoms with E-state index in [1.165, 1.54) is 12.8 Å². The van der Waals surface area contributed by atoms with Crippen molar-refractivity contribution in [3.8, 4) is 0 Å². The first-order valence-corrected chi connectivity index (χ1v) is 7.55. The summed E-state index contributed by atoms with van der Waals surface area (Å²) in [7, 11) is 0. The normalized spacial score (nSPS) is 18.0. The molecular weight excluding hydrogens is 258 g/mol. The van der Waals surface area contributed by atoms with E-state index < -0.39 is 0 Å². The van der Waals surface area contributed by atoms with Gasteiger partial charge in [0, 0.05) is 24.8 Å². The summed E-state index contributed by atoms with van der Waals surface area (Å²) in [6, 6.07) is 2.14. The predicted molar refractivity (Wildman–Crippen MR) is 81.9 cm³/mol. The van der Waals surface area contributed by atoms with Crippen molar-refractivity contribution in [2.75, 3.05) is 18.0 Å². The monoisotopic (exact) mass is 281 g/mol. The topological polar surface area (TPSA) is 28.2 Å². The summed E-state index contributed by atoms with van der Waals surface area (Å²) in [5, 5.41) is 4.15. The van der Waals surface area contributed by atoms with Gasteiger partial charge in [-0.1, -0.05) is 18.5 Å². The minimum absolute atomic E-state index is 0.203. The van der Waals surface area contributed by atoms with Crippen LogP contribution in [0.15, 0.2) is 12.3 Å². The van der Waals surface area contributed by atoms with E-state index in [1.54, 1.807) is 6.20 Å². The van der Waals surface area contributed by atoms with Crippen LogP contribution in [0.2, 0.25) is 5.02 Å². The van der Waals surface area contributed by atoms with E-state index in [1.807, 2.05) is 0 Å². The zero-order valence-electron chi connectivity index (χ0n) is 12.2. The maximum atomic E-state index is 6.23. The largest absolute Gasteiger partial charge is 0.351 e. The highest BCUT2D eigenvalue weighted by atomic mass is 35.5. The third-order valence-electron chi connectivity index (χ3n) is 3.84. The van der Waals surface area contributed by atoms with Gasteiger partial charge in [-0.15, -0.1) is 0 Å². The van der Waals surface area contributed by atoms with E-state index in [4.69, 9.17) is 11.6 Å². The van der Waals surface area contributed by atoms with Crippen molar-refractivity contribution in [1.82, 2.24) is 10.3 Å². The van der Waals surface area contributed by atoms with Gasteiger partial charge >= 0.3 is 0 Å². The molecule has 0 spiro atoms. The van der Waals surface area contributed by atoms with Crippen molar-refractivity contribution < 1.29 is 0 Å². The van der Waals surface area contributed by atoms with E-state index in [9.17, 15) is 0 Å². The lowest BCUT2D eigenvalue weighted by Crippen LogP contribution is -2.38. The molecule has 19 heavy (non-hydrogen) atoms. The first-order chi connectivity index (χ1) is 9.04. The molecule has 0 saturated carbocycles. The second-order valence-electron chi connectivity index (χ2n) is 5.88. The maximum absolute atomic E-state index is 6.23. The Labute approximate surface area is 121 Å². The second-order valence-corrected chi connectivity index (χ2v) is 6.29. The van der Waals surface area contributed by atoms with Crippen molar-refractivity contribution in [1.29, 1.82) is 0 Å². The zero-order chi connectivity index (χ0) is 13.9. The second kappa shape index (κ2) is 6.10. The van der Waals surface area contributed by atoms with Gasteiger partial charge in [0.2, 0.25) is 0 Å². The smallest absolute Gasteiger partial charge is 0.129 e. The van der Waals surface area contributed by atoms with Gasteiger partial charge in [-0.25, -0.2) is 4.98 Å². The van der Waals surface area contributed by atoms with Crippen LogP contribution in [0.4, 0.5) is 5.82 Å². The van der Waals surface area contributed by atoms with E-state index in [0.29, 0.717) is 0 Å². The van der Waals surface area contributed by atoms with E-state index >= 15 is 0 Å². The molecule has 1 aromatic heterocycles. The number of halogens is 1. The van der Waals surface area contributed by atoms with Gasteiger partial charge in [0.15, 0.2) is 0 Å². The fourth-order valence-corrected chi connectivity index (χ4v) is 2.85. The molecule has 106 valence electrons. The van der Waals surface area contributed by atoms with Gasteiger partial charge in [-0.05, 0) is 51.3 Å². The van der Waals surface area contributed by atoms with Crippen molar-refractivity contribution in [2.24, 2.45) is 0 Å². The highest BCUT2D eigenvalue weighted by Crippen LogP contribution is 2.33. The standard InChI is InChI=1S/C15H24ClN3/c1-4-7-17-10-12-9-14(18-11-13(12)16)19-8-5-6-15(19,2)3/h9,11,17H,4-8,10H2,1-3H3. The number of rotatable bonds is 5. The van der Waals surface area contributed by atoms with E-state index in [-0.39, 0.29) is 5.54 Å². The van der Waals surface area contributed by atoms with Crippen LogP contribution < -0.4 is 10.2 Å². The van der Waals surface area contributed by atoms with Crippen LogP contribution in [0, 0.1) is 0 Å². The Morgan fingerprint density at radius 2 is 2.26 bits per heavy atom. The molecule has 0 atom stereocenters. The molecule has 0 unspecified atom stereocenters. The molecule has 2 heterocycles. The number of aromatic nitrogens is 1. The highest BCUT2D eigenvalue weighted by Gasteiger charge is 2.32. The first-order valence-electron chi connectivity index (χ1n) is 7.17. The quantitative estimate of drug-likeness (QED) is 0.836. The Hall–Kier alpha value is -0.800. The molecule has 2 rings (SSSR count). The fraction of sp³-hybridized carbons (Fsp3) is 0.667. The number of hydrogen-bond donors (Lipinski definition) is 1. The highest BCUT2D eigenvalue weighted by molar-refractivity contribution is 6.31. The number of nitrogens with zero attached hydrogens (tertiary/aromatic N) is 2.